The van der Waals surface area contributed by atoms with Gasteiger partial charge in [-0.05, 0) is 11.6 Å². The third-order valence-corrected chi connectivity index (χ3v) is 2.91. The van der Waals surface area contributed by atoms with Crippen LogP contribution in [0.25, 0.3) is 0 Å². The molecule has 0 bridgehead atoms. The molecule has 0 aliphatic heterocycles. The predicted molar refractivity (Wildman–Crippen MR) is 78.8 cm³/mol. The lowest BCUT2D eigenvalue weighted by Gasteiger charge is -2.13. The molecule has 0 aromatic heterocycles. The summed E-state index contributed by atoms with van der Waals surface area (Å²) in [4.78, 5) is 21.6. The van der Waals surface area contributed by atoms with Crippen molar-refractivity contribution in [3.63, 3.8) is 0 Å². The van der Waals surface area contributed by atoms with Crippen molar-refractivity contribution >= 4 is 18.4 Å². The number of benzene rings is 2. The Kier molecular flexibility index (Phi) is 4.93. The van der Waals surface area contributed by atoms with Crippen molar-refractivity contribution in [2.24, 2.45) is 0 Å². The highest BCUT2D eigenvalue weighted by Gasteiger charge is 2.11. The molecule has 21 heavy (non-hydrogen) atoms. The second kappa shape index (κ2) is 7.09. The standard InChI is InChI=1S/C16H15NO4/c1-20-15-7-13(9-18)14(17-11-19)8-16(15)21-10-12-5-3-2-4-6-12/h2-9,11H,10H2,1H3,(H,17,19). The highest BCUT2D eigenvalue weighted by Crippen LogP contribution is 2.33. The van der Waals surface area contributed by atoms with Crippen LogP contribution in [0.5, 0.6) is 11.5 Å². The van der Waals surface area contributed by atoms with Crippen molar-refractivity contribution in [3.05, 3.63) is 53.6 Å². The molecule has 108 valence electrons. The Labute approximate surface area is 122 Å². The number of nitrogens with one attached hydrogen (secondary N) is 1. The number of rotatable bonds is 7. The zero-order chi connectivity index (χ0) is 15.1. The topological polar surface area (TPSA) is 64.6 Å². The van der Waals surface area contributed by atoms with Crippen LogP contribution in [0, 0.1) is 0 Å². The van der Waals surface area contributed by atoms with Gasteiger partial charge in [-0.3, -0.25) is 9.59 Å². The van der Waals surface area contributed by atoms with Crippen LogP contribution in [0.2, 0.25) is 0 Å². The highest BCUT2D eigenvalue weighted by atomic mass is 16.5. The van der Waals surface area contributed by atoms with Gasteiger partial charge in [0.2, 0.25) is 6.41 Å². The maximum atomic E-state index is 11.0. The number of amides is 1. The van der Waals surface area contributed by atoms with Gasteiger partial charge in [-0.25, -0.2) is 0 Å². The van der Waals surface area contributed by atoms with E-state index in [2.05, 4.69) is 5.32 Å². The van der Waals surface area contributed by atoms with Crippen LogP contribution >= 0.6 is 0 Å². The monoisotopic (exact) mass is 285 g/mol. The lowest BCUT2D eigenvalue weighted by molar-refractivity contribution is -0.105. The summed E-state index contributed by atoms with van der Waals surface area (Å²) in [7, 11) is 1.49. The molecule has 0 radical (unpaired) electrons. The molecular formula is C16H15NO4. The number of hydrogen-bond donors (Lipinski definition) is 1. The molecule has 0 fully saturated rings. The molecule has 5 nitrogen and oxygen atoms in total. The van der Waals surface area contributed by atoms with Crippen LogP contribution in [0.1, 0.15) is 15.9 Å². The van der Waals surface area contributed by atoms with E-state index >= 15 is 0 Å². The van der Waals surface area contributed by atoms with E-state index in [1.54, 1.807) is 6.07 Å². The smallest absolute Gasteiger partial charge is 0.211 e. The van der Waals surface area contributed by atoms with Crippen LogP contribution < -0.4 is 14.8 Å². The molecule has 2 aromatic rings. The first-order valence-corrected chi connectivity index (χ1v) is 6.32. The number of hydrogen-bond acceptors (Lipinski definition) is 4. The largest absolute Gasteiger partial charge is 0.493 e. The lowest BCUT2D eigenvalue weighted by Crippen LogP contribution is -2.03. The van der Waals surface area contributed by atoms with Gasteiger partial charge in [0.15, 0.2) is 17.8 Å². The summed E-state index contributed by atoms with van der Waals surface area (Å²) in [6.07, 6.45) is 1.16. The van der Waals surface area contributed by atoms with Gasteiger partial charge in [0, 0.05) is 11.6 Å². The van der Waals surface area contributed by atoms with Gasteiger partial charge >= 0.3 is 0 Å². The average Bonchev–Trinajstić information content (AvgIpc) is 2.54. The van der Waals surface area contributed by atoms with Crippen LogP contribution in [0.15, 0.2) is 42.5 Å². The van der Waals surface area contributed by atoms with Crippen molar-refractivity contribution in [3.8, 4) is 11.5 Å². The molecule has 2 aromatic carbocycles. The molecular weight excluding hydrogens is 270 g/mol. The van der Waals surface area contributed by atoms with Crippen molar-refractivity contribution < 1.29 is 19.1 Å². The van der Waals surface area contributed by atoms with Gasteiger partial charge < -0.3 is 14.8 Å². The first-order valence-electron chi connectivity index (χ1n) is 6.32. The minimum Gasteiger partial charge on any atom is -0.493 e. The highest BCUT2D eigenvalue weighted by molar-refractivity contribution is 5.90. The maximum absolute atomic E-state index is 11.0. The van der Waals surface area contributed by atoms with Crippen molar-refractivity contribution in [2.45, 2.75) is 6.61 Å². The normalized spacial score (nSPS) is 9.76. The van der Waals surface area contributed by atoms with Gasteiger partial charge in [0.05, 0.1) is 12.8 Å². The summed E-state index contributed by atoms with van der Waals surface area (Å²) in [6.45, 7) is 0.359. The maximum Gasteiger partial charge on any atom is 0.211 e. The zero-order valence-corrected chi connectivity index (χ0v) is 11.5. The molecule has 0 saturated heterocycles. The Morgan fingerprint density at radius 1 is 1.10 bits per heavy atom. The fourth-order valence-electron chi connectivity index (χ4n) is 1.87. The van der Waals surface area contributed by atoms with Gasteiger partial charge in [-0.2, -0.15) is 0 Å². The zero-order valence-electron chi connectivity index (χ0n) is 11.5. The van der Waals surface area contributed by atoms with E-state index in [9.17, 15) is 9.59 Å². The second-order valence-corrected chi connectivity index (χ2v) is 4.24. The number of carbonyl (C=O) groups excluding carboxylic acids is 2. The third kappa shape index (κ3) is 3.60. The Hall–Kier alpha value is -2.82. The average molecular weight is 285 g/mol. The number of methoxy groups -OCH3 is 1. The molecule has 0 spiro atoms. The molecule has 0 aliphatic rings. The van der Waals surface area contributed by atoms with E-state index in [0.29, 0.717) is 42.1 Å². The number of anilines is 1. The predicted octanol–water partition coefficient (Wildman–Crippen LogP) is 2.66. The first-order chi connectivity index (χ1) is 10.3. The van der Waals surface area contributed by atoms with Crippen molar-refractivity contribution in [2.75, 3.05) is 12.4 Å². The lowest BCUT2D eigenvalue weighted by atomic mass is 10.1. The Morgan fingerprint density at radius 3 is 2.48 bits per heavy atom. The molecule has 1 N–H and O–H groups in total. The fraction of sp³-hybridized carbons (Fsp3) is 0.125. The number of carbonyl (C=O) groups is 2. The summed E-state index contributed by atoms with van der Waals surface area (Å²) < 4.78 is 10.9. The van der Waals surface area contributed by atoms with E-state index in [0.717, 1.165) is 5.56 Å². The van der Waals surface area contributed by atoms with Gasteiger partial charge in [0.1, 0.15) is 6.61 Å². The van der Waals surface area contributed by atoms with E-state index in [1.165, 1.54) is 13.2 Å². The molecule has 0 heterocycles. The van der Waals surface area contributed by atoms with Crippen LogP contribution in [-0.2, 0) is 11.4 Å². The summed E-state index contributed by atoms with van der Waals surface area (Å²) in [5.74, 6) is 0.890. The van der Waals surface area contributed by atoms with E-state index in [1.807, 2.05) is 30.3 Å². The quantitative estimate of drug-likeness (QED) is 0.794. The molecule has 0 aliphatic carbocycles. The Morgan fingerprint density at radius 2 is 1.86 bits per heavy atom. The fourth-order valence-corrected chi connectivity index (χ4v) is 1.87. The Balaban J connectivity index is 2.26. The van der Waals surface area contributed by atoms with E-state index in [4.69, 9.17) is 9.47 Å². The first kappa shape index (κ1) is 14.6. The summed E-state index contributed by atoms with van der Waals surface area (Å²) in [5.41, 5.74) is 1.71. The molecule has 2 rings (SSSR count). The van der Waals surface area contributed by atoms with Gasteiger partial charge in [-0.15, -0.1) is 0 Å². The molecule has 0 saturated carbocycles. The minimum absolute atomic E-state index is 0.325. The van der Waals surface area contributed by atoms with Crippen LogP contribution in [-0.4, -0.2) is 19.8 Å². The van der Waals surface area contributed by atoms with E-state index < -0.39 is 0 Å². The van der Waals surface area contributed by atoms with E-state index in [-0.39, 0.29) is 0 Å². The minimum atomic E-state index is 0.325. The van der Waals surface area contributed by atoms with Crippen molar-refractivity contribution in [1.29, 1.82) is 0 Å². The Bertz CT molecular complexity index is 626. The van der Waals surface area contributed by atoms with Crippen LogP contribution in [0.3, 0.4) is 0 Å². The summed E-state index contributed by atoms with van der Waals surface area (Å²) in [5, 5.41) is 2.47. The number of aldehydes is 1. The summed E-state index contributed by atoms with van der Waals surface area (Å²) in [6, 6.07) is 12.7. The molecule has 0 unspecified atom stereocenters. The van der Waals surface area contributed by atoms with Gasteiger partial charge in [-0.1, -0.05) is 30.3 Å². The van der Waals surface area contributed by atoms with Crippen LogP contribution in [0.4, 0.5) is 5.69 Å². The molecule has 0 atom stereocenters. The van der Waals surface area contributed by atoms with Gasteiger partial charge in [0.25, 0.3) is 0 Å². The SMILES string of the molecule is COc1cc(C=O)c(NC=O)cc1OCc1ccccc1. The third-order valence-electron chi connectivity index (χ3n) is 2.91. The van der Waals surface area contributed by atoms with Crippen molar-refractivity contribution in [1.82, 2.24) is 0 Å². The molecule has 5 heteroatoms. The number of ether oxygens (including phenoxy) is 2. The second-order valence-electron chi connectivity index (χ2n) is 4.24. The molecule has 1 amide bonds. The summed E-state index contributed by atoms with van der Waals surface area (Å²) >= 11 is 0.